The molecule has 0 aliphatic carbocycles. The van der Waals surface area contributed by atoms with Crippen molar-refractivity contribution >= 4 is 34.2 Å². The largest absolute Gasteiger partial charge is 0.341 e. The lowest BCUT2D eigenvalue weighted by Gasteiger charge is -2.43. The molecule has 3 aromatic rings. The maximum atomic E-state index is 14.0. The number of benzene rings is 3. The highest BCUT2D eigenvalue weighted by atomic mass is 16.2. The van der Waals surface area contributed by atoms with Crippen molar-refractivity contribution in [2.45, 2.75) is 38.1 Å². The van der Waals surface area contributed by atoms with Gasteiger partial charge in [-0.15, -0.1) is 0 Å². The highest BCUT2D eigenvalue weighted by Gasteiger charge is 2.54. The number of carbonyl (C=O) groups is 3. The summed E-state index contributed by atoms with van der Waals surface area (Å²) in [6, 6.07) is 23.9. The molecule has 0 saturated carbocycles. The first kappa shape index (κ1) is 25.4. The molecule has 39 heavy (non-hydrogen) atoms. The molecule has 3 heterocycles. The molecule has 0 atom stereocenters. The number of rotatable bonds is 4. The van der Waals surface area contributed by atoms with Crippen molar-refractivity contribution in [1.82, 2.24) is 14.7 Å². The lowest BCUT2D eigenvalue weighted by Crippen LogP contribution is -2.57. The fraction of sp³-hybridized carbons (Fsp3) is 0.406. The van der Waals surface area contributed by atoms with Gasteiger partial charge >= 0.3 is 0 Å². The molecule has 0 N–H and O–H groups in total. The summed E-state index contributed by atoms with van der Waals surface area (Å²) in [5, 5.41) is 2.15. The average molecular weight is 525 g/mol. The SMILES string of the molecule is CC1CCN(C(=O)CN2CN(c3ccccc3)C3(CCN(C(=O)c4ccc5ccccc5c4)CC3)C2=O)CC1. The van der Waals surface area contributed by atoms with Gasteiger partial charge in [-0.2, -0.15) is 0 Å². The summed E-state index contributed by atoms with van der Waals surface area (Å²) in [6.45, 7) is 5.24. The molecule has 6 rings (SSSR count). The van der Waals surface area contributed by atoms with E-state index in [1.165, 1.54) is 0 Å². The minimum absolute atomic E-state index is 0.00123. The minimum atomic E-state index is -0.752. The van der Waals surface area contributed by atoms with Crippen LogP contribution in [0.2, 0.25) is 0 Å². The van der Waals surface area contributed by atoms with Crippen LogP contribution in [0.15, 0.2) is 72.8 Å². The summed E-state index contributed by atoms with van der Waals surface area (Å²) in [7, 11) is 0. The first-order valence-corrected chi connectivity index (χ1v) is 14.1. The summed E-state index contributed by atoms with van der Waals surface area (Å²) in [6.07, 6.45) is 3.10. The van der Waals surface area contributed by atoms with E-state index in [9.17, 15) is 14.4 Å². The molecule has 3 aliphatic rings. The number of hydrogen-bond acceptors (Lipinski definition) is 4. The van der Waals surface area contributed by atoms with Crippen molar-refractivity contribution in [3.63, 3.8) is 0 Å². The van der Waals surface area contributed by atoms with Crippen LogP contribution in [-0.2, 0) is 9.59 Å². The second-order valence-corrected chi connectivity index (χ2v) is 11.4. The Hall–Kier alpha value is -3.87. The standard InChI is InChI=1S/C32H36N4O3/c1-24-13-17-33(18-14-24)29(37)22-35-23-36(28-9-3-2-4-10-28)32(31(35)39)15-19-34(20-16-32)30(38)27-12-11-25-7-5-6-8-26(25)21-27/h2-12,21,24H,13-20,22-23H2,1H3. The van der Waals surface area contributed by atoms with Gasteiger partial charge in [-0.3, -0.25) is 14.4 Å². The molecule has 3 aromatic carbocycles. The quantitative estimate of drug-likeness (QED) is 0.508. The molecule has 202 valence electrons. The second-order valence-electron chi connectivity index (χ2n) is 11.4. The van der Waals surface area contributed by atoms with Gasteiger partial charge < -0.3 is 19.6 Å². The fourth-order valence-corrected chi connectivity index (χ4v) is 6.43. The zero-order chi connectivity index (χ0) is 27.0. The van der Waals surface area contributed by atoms with Crippen LogP contribution in [0.3, 0.4) is 0 Å². The zero-order valence-electron chi connectivity index (χ0n) is 22.6. The molecule has 7 heteroatoms. The minimum Gasteiger partial charge on any atom is -0.341 e. The third-order valence-electron chi connectivity index (χ3n) is 8.92. The number of piperidine rings is 2. The van der Waals surface area contributed by atoms with Crippen LogP contribution in [0.25, 0.3) is 10.8 Å². The van der Waals surface area contributed by atoms with E-state index in [1.807, 2.05) is 82.6 Å². The normalized spacial score (nSPS) is 19.8. The third-order valence-corrected chi connectivity index (χ3v) is 8.92. The smallest absolute Gasteiger partial charge is 0.253 e. The lowest BCUT2D eigenvalue weighted by molar-refractivity contribution is -0.141. The Balaban J connectivity index is 1.20. The molecule has 3 saturated heterocycles. The molecule has 0 bridgehead atoms. The lowest BCUT2D eigenvalue weighted by atomic mass is 9.85. The Labute approximate surface area is 230 Å². The highest BCUT2D eigenvalue weighted by Crippen LogP contribution is 2.40. The van der Waals surface area contributed by atoms with E-state index in [1.54, 1.807) is 4.90 Å². The van der Waals surface area contributed by atoms with Gasteiger partial charge in [0.05, 0.1) is 6.67 Å². The molecule has 1 spiro atoms. The number of carbonyl (C=O) groups excluding carboxylic acids is 3. The van der Waals surface area contributed by atoms with E-state index >= 15 is 0 Å². The van der Waals surface area contributed by atoms with Crippen molar-refractivity contribution in [2.24, 2.45) is 5.92 Å². The van der Waals surface area contributed by atoms with Crippen molar-refractivity contribution in [2.75, 3.05) is 44.3 Å². The van der Waals surface area contributed by atoms with Gasteiger partial charge in [0.2, 0.25) is 5.91 Å². The molecule has 0 unspecified atom stereocenters. The van der Waals surface area contributed by atoms with E-state index in [0.717, 1.165) is 42.4 Å². The van der Waals surface area contributed by atoms with Crippen LogP contribution in [0, 0.1) is 5.92 Å². The molecule has 0 radical (unpaired) electrons. The highest BCUT2D eigenvalue weighted by molar-refractivity contribution is 6.00. The monoisotopic (exact) mass is 524 g/mol. The van der Waals surface area contributed by atoms with Gasteiger partial charge in [0.1, 0.15) is 12.1 Å². The topological polar surface area (TPSA) is 64.2 Å². The first-order valence-electron chi connectivity index (χ1n) is 14.1. The number of para-hydroxylation sites is 1. The third kappa shape index (κ3) is 4.75. The van der Waals surface area contributed by atoms with E-state index in [2.05, 4.69) is 11.8 Å². The number of fused-ring (bicyclic) bond motifs is 1. The molecule has 3 aliphatic heterocycles. The second kappa shape index (κ2) is 10.4. The molecule has 7 nitrogen and oxygen atoms in total. The van der Waals surface area contributed by atoms with E-state index in [-0.39, 0.29) is 24.3 Å². The van der Waals surface area contributed by atoms with Crippen LogP contribution < -0.4 is 4.90 Å². The Bertz CT molecular complexity index is 1370. The van der Waals surface area contributed by atoms with Gasteiger partial charge in [-0.1, -0.05) is 55.5 Å². The van der Waals surface area contributed by atoms with E-state index < -0.39 is 5.54 Å². The zero-order valence-corrected chi connectivity index (χ0v) is 22.6. The van der Waals surface area contributed by atoms with Gasteiger partial charge in [-0.05, 0) is 66.6 Å². The number of amides is 3. The van der Waals surface area contributed by atoms with Gasteiger partial charge in [0, 0.05) is 37.4 Å². The summed E-state index contributed by atoms with van der Waals surface area (Å²) < 4.78 is 0. The number of anilines is 1. The summed E-state index contributed by atoms with van der Waals surface area (Å²) in [4.78, 5) is 48.3. The number of hydrogen-bond donors (Lipinski definition) is 0. The predicted octanol–water partition coefficient (Wildman–Crippen LogP) is 4.38. The Morgan fingerprint density at radius 3 is 2.21 bits per heavy atom. The van der Waals surface area contributed by atoms with Gasteiger partial charge in [0.25, 0.3) is 11.8 Å². The fourth-order valence-electron chi connectivity index (χ4n) is 6.43. The summed E-state index contributed by atoms with van der Waals surface area (Å²) >= 11 is 0. The average Bonchev–Trinajstić information content (AvgIpc) is 3.23. The van der Waals surface area contributed by atoms with Crippen LogP contribution in [0.4, 0.5) is 5.69 Å². The Kier molecular flexibility index (Phi) is 6.75. The van der Waals surface area contributed by atoms with Crippen molar-refractivity contribution < 1.29 is 14.4 Å². The van der Waals surface area contributed by atoms with Crippen LogP contribution in [0.1, 0.15) is 43.0 Å². The van der Waals surface area contributed by atoms with E-state index in [4.69, 9.17) is 0 Å². The van der Waals surface area contributed by atoms with E-state index in [0.29, 0.717) is 44.1 Å². The van der Waals surface area contributed by atoms with Crippen molar-refractivity contribution in [3.05, 3.63) is 78.4 Å². The Morgan fingerprint density at radius 1 is 0.821 bits per heavy atom. The van der Waals surface area contributed by atoms with Crippen LogP contribution in [-0.4, -0.2) is 77.4 Å². The molecule has 3 fully saturated rings. The number of nitrogens with zero attached hydrogens (tertiary/aromatic N) is 4. The van der Waals surface area contributed by atoms with Crippen LogP contribution in [0.5, 0.6) is 0 Å². The van der Waals surface area contributed by atoms with Gasteiger partial charge in [-0.25, -0.2) is 0 Å². The Morgan fingerprint density at radius 2 is 1.49 bits per heavy atom. The maximum absolute atomic E-state index is 14.0. The molecular formula is C32H36N4O3. The molecule has 0 aromatic heterocycles. The number of likely N-dealkylation sites (tertiary alicyclic amines) is 2. The van der Waals surface area contributed by atoms with Crippen molar-refractivity contribution in [3.8, 4) is 0 Å². The first-order chi connectivity index (χ1) is 18.9. The molecular weight excluding hydrogens is 488 g/mol. The van der Waals surface area contributed by atoms with Crippen molar-refractivity contribution in [1.29, 1.82) is 0 Å². The maximum Gasteiger partial charge on any atom is 0.253 e. The molecule has 3 amide bonds. The summed E-state index contributed by atoms with van der Waals surface area (Å²) in [5.74, 6) is 0.674. The summed E-state index contributed by atoms with van der Waals surface area (Å²) in [5.41, 5.74) is 0.894. The van der Waals surface area contributed by atoms with Crippen LogP contribution >= 0.6 is 0 Å². The van der Waals surface area contributed by atoms with Gasteiger partial charge in [0.15, 0.2) is 0 Å². The predicted molar refractivity (Wildman–Crippen MR) is 152 cm³/mol.